The van der Waals surface area contributed by atoms with E-state index in [1.54, 1.807) is 7.11 Å². The molecule has 1 aromatic carbocycles. The molecule has 0 radical (unpaired) electrons. The second-order valence-electron chi connectivity index (χ2n) is 8.57. The van der Waals surface area contributed by atoms with Crippen molar-refractivity contribution in [3.8, 4) is 5.75 Å². The van der Waals surface area contributed by atoms with Crippen LogP contribution in [0, 0.1) is 11.8 Å². The molecule has 28 heavy (non-hydrogen) atoms. The molecule has 2 bridgehead atoms. The Balaban J connectivity index is 1.62. The minimum absolute atomic E-state index is 0.0797. The van der Waals surface area contributed by atoms with Crippen molar-refractivity contribution in [2.45, 2.75) is 25.0 Å². The van der Waals surface area contributed by atoms with E-state index in [2.05, 4.69) is 41.9 Å². The summed E-state index contributed by atoms with van der Waals surface area (Å²) < 4.78 is 13.2. The van der Waals surface area contributed by atoms with E-state index in [4.69, 9.17) is 9.47 Å². The molecule has 0 saturated carbocycles. The molecule has 5 atom stereocenters. The molecule has 3 saturated heterocycles. The van der Waals surface area contributed by atoms with Gasteiger partial charge in [0.2, 0.25) is 0 Å². The maximum absolute atomic E-state index is 6.54. The molecule has 146 valence electrons. The zero-order valence-electron chi connectivity index (χ0n) is 16.6. The molecular weight excluding hydrogens is 348 g/mol. The molecule has 2 aromatic rings. The molecule has 5 heterocycles. The highest BCUT2D eigenvalue weighted by molar-refractivity contribution is 5.84. The number of methoxy groups -OCH3 is 1. The number of benzene rings is 1. The van der Waals surface area contributed by atoms with Gasteiger partial charge in [0.25, 0.3) is 0 Å². The van der Waals surface area contributed by atoms with Gasteiger partial charge in [-0.1, -0.05) is 12.2 Å². The first-order valence-corrected chi connectivity index (χ1v) is 10.4. The predicted octanol–water partition coefficient (Wildman–Crippen LogP) is 4.28. The number of aromatic nitrogens is 1. The van der Waals surface area contributed by atoms with Crippen molar-refractivity contribution in [3.63, 3.8) is 0 Å². The zero-order valence-corrected chi connectivity index (χ0v) is 16.6. The maximum atomic E-state index is 6.54. The Labute approximate surface area is 167 Å². The summed E-state index contributed by atoms with van der Waals surface area (Å²) in [6.07, 6.45) is 11.3. The van der Waals surface area contributed by atoms with Crippen molar-refractivity contribution in [2.75, 3.05) is 33.4 Å². The van der Waals surface area contributed by atoms with Gasteiger partial charge in [-0.15, -0.1) is 6.58 Å². The number of hydrogen-bond donors (Lipinski definition) is 0. The second kappa shape index (κ2) is 7.02. The summed E-state index contributed by atoms with van der Waals surface area (Å²) in [6, 6.07) is 8.78. The SMILES string of the molecule is C=C[C@H]1C[N@@+]23C/C=C\CO[C@H](c4ccnc5ccc(OC)cc45)[C@@H]2C[C@@H]1CC3. The van der Waals surface area contributed by atoms with E-state index < -0.39 is 0 Å². The van der Waals surface area contributed by atoms with Crippen LogP contribution in [-0.2, 0) is 4.74 Å². The molecule has 6 rings (SSSR count). The topological polar surface area (TPSA) is 31.4 Å². The lowest BCUT2D eigenvalue weighted by atomic mass is 9.71. The third kappa shape index (κ3) is 2.78. The summed E-state index contributed by atoms with van der Waals surface area (Å²) in [7, 11) is 1.72. The van der Waals surface area contributed by atoms with Crippen LogP contribution in [0.25, 0.3) is 10.9 Å². The second-order valence-corrected chi connectivity index (χ2v) is 8.57. The van der Waals surface area contributed by atoms with Crippen LogP contribution in [0.5, 0.6) is 5.75 Å². The van der Waals surface area contributed by atoms with Gasteiger partial charge in [0.1, 0.15) is 17.9 Å². The van der Waals surface area contributed by atoms with Crippen LogP contribution in [0.3, 0.4) is 0 Å². The Morgan fingerprint density at radius 1 is 1.29 bits per heavy atom. The Kier molecular flexibility index (Phi) is 4.48. The van der Waals surface area contributed by atoms with E-state index in [0.717, 1.165) is 33.6 Å². The number of nitrogens with zero attached hydrogens (tertiary/aromatic N) is 2. The highest BCUT2D eigenvalue weighted by Crippen LogP contribution is 2.48. The number of ether oxygens (including phenoxy) is 2. The first kappa shape index (κ1) is 17.9. The largest absolute Gasteiger partial charge is 0.497 e. The summed E-state index contributed by atoms with van der Waals surface area (Å²) in [6.45, 7) is 8.35. The third-order valence-corrected chi connectivity index (χ3v) is 7.32. The van der Waals surface area contributed by atoms with Gasteiger partial charge in [-0.2, -0.15) is 0 Å². The van der Waals surface area contributed by atoms with Gasteiger partial charge in [0.05, 0.1) is 38.9 Å². The van der Waals surface area contributed by atoms with Gasteiger partial charge >= 0.3 is 0 Å². The standard InChI is InChI=1S/C24H29N2O2/c1-3-17-16-26-11-4-5-13-28-24(23(26)14-18(17)9-12-26)20-8-10-25-22-7-6-19(27-2)15-21(20)22/h3-8,10,15,17-18,23-24H,1,9,11-14,16H2,2H3/q+1/b5-4-/t17-,18-,23-,24+,26-/m0/s1. The lowest BCUT2D eigenvalue weighted by molar-refractivity contribution is -0.968. The number of quaternary nitrogens is 1. The molecule has 1 aromatic heterocycles. The van der Waals surface area contributed by atoms with Crippen LogP contribution in [0.15, 0.2) is 55.3 Å². The molecule has 4 nitrogen and oxygen atoms in total. The molecule has 4 heteroatoms. The number of fused-ring (bicyclic) bond motifs is 3. The van der Waals surface area contributed by atoms with Crippen LogP contribution < -0.4 is 4.74 Å². The first-order valence-electron chi connectivity index (χ1n) is 10.4. The Morgan fingerprint density at radius 2 is 2.21 bits per heavy atom. The van der Waals surface area contributed by atoms with E-state index >= 15 is 0 Å². The quantitative estimate of drug-likeness (QED) is 0.591. The fourth-order valence-corrected chi connectivity index (χ4v) is 5.85. The normalized spacial score (nSPS) is 35.6. The fourth-order valence-electron chi connectivity index (χ4n) is 5.85. The number of hydrogen-bond acceptors (Lipinski definition) is 3. The average Bonchev–Trinajstić information content (AvgIpc) is 2.74. The molecule has 4 aliphatic heterocycles. The number of piperidine rings is 3. The third-order valence-electron chi connectivity index (χ3n) is 7.32. The van der Waals surface area contributed by atoms with Gasteiger partial charge in [0.15, 0.2) is 0 Å². The molecular formula is C24H29N2O2+. The van der Waals surface area contributed by atoms with E-state index in [-0.39, 0.29) is 6.10 Å². The minimum Gasteiger partial charge on any atom is -0.497 e. The van der Waals surface area contributed by atoms with Crippen molar-refractivity contribution in [3.05, 3.63) is 60.8 Å². The number of rotatable bonds is 3. The maximum Gasteiger partial charge on any atom is 0.135 e. The Bertz CT molecular complexity index is 924. The van der Waals surface area contributed by atoms with Gasteiger partial charge in [-0.05, 0) is 41.8 Å². The van der Waals surface area contributed by atoms with E-state index in [9.17, 15) is 0 Å². The average molecular weight is 378 g/mol. The van der Waals surface area contributed by atoms with Crippen molar-refractivity contribution < 1.29 is 14.0 Å². The van der Waals surface area contributed by atoms with Crippen LogP contribution in [-0.4, -0.2) is 48.9 Å². The summed E-state index contributed by atoms with van der Waals surface area (Å²) in [5.41, 5.74) is 2.26. The molecule has 0 amide bonds. The molecule has 0 aliphatic carbocycles. The van der Waals surface area contributed by atoms with Gasteiger partial charge in [-0.3, -0.25) is 4.98 Å². The molecule has 0 N–H and O–H groups in total. The highest BCUT2D eigenvalue weighted by atomic mass is 16.5. The van der Waals surface area contributed by atoms with E-state index in [1.807, 2.05) is 18.3 Å². The van der Waals surface area contributed by atoms with Gasteiger partial charge in [0, 0.05) is 30.3 Å². The Hall–Kier alpha value is -2.17. The highest BCUT2D eigenvalue weighted by Gasteiger charge is 2.54. The van der Waals surface area contributed by atoms with Crippen LogP contribution in [0.4, 0.5) is 0 Å². The van der Waals surface area contributed by atoms with Crippen LogP contribution in [0.1, 0.15) is 24.5 Å². The minimum atomic E-state index is 0.0797. The van der Waals surface area contributed by atoms with E-state index in [1.165, 1.54) is 31.5 Å². The number of pyridine rings is 1. The zero-order chi connectivity index (χ0) is 19.1. The summed E-state index contributed by atoms with van der Waals surface area (Å²) in [5, 5.41) is 1.15. The first-order chi connectivity index (χ1) is 13.7. The van der Waals surface area contributed by atoms with Gasteiger partial charge < -0.3 is 14.0 Å². The molecule has 4 aliphatic rings. The smallest absolute Gasteiger partial charge is 0.135 e. The fraction of sp³-hybridized carbons (Fsp3) is 0.458. The summed E-state index contributed by atoms with van der Waals surface area (Å²) in [4.78, 5) is 4.59. The molecule has 1 spiro atoms. The van der Waals surface area contributed by atoms with Crippen molar-refractivity contribution >= 4 is 10.9 Å². The lowest BCUT2D eigenvalue weighted by Crippen LogP contribution is -2.68. The monoisotopic (exact) mass is 377 g/mol. The van der Waals surface area contributed by atoms with Crippen molar-refractivity contribution in [1.82, 2.24) is 4.98 Å². The lowest BCUT2D eigenvalue weighted by Gasteiger charge is -2.58. The van der Waals surface area contributed by atoms with Gasteiger partial charge in [-0.25, -0.2) is 0 Å². The van der Waals surface area contributed by atoms with Crippen LogP contribution in [0.2, 0.25) is 0 Å². The molecule has 0 unspecified atom stereocenters. The predicted molar refractivity (Wildman–Crippen MR) is 111 cm³/mol. The van der Waals surface area contributed by atoms with E-state index in [0.29, 0.717) is 18.6 Å². The summed E-state index contributed by atoms with van der Waals surface area (Å²) in [5.74, 6) is 2.24. The molecule has 3 fully saturated rings. The summed E-state index contributed by atoms with van der Waals surface area (Å²) >= 11 is 0. The van der Waals surface area contributed by atoms with Crippen molar-refractivity contribution in [1.29, 1.82) is 0 Å². The van der Waals surface area contributed by atoms with Crippen molar-refractivity contribution in [2.24, 2.45) is 11.8 Å². The Morgan fingerprint density at radius 3 is 3.07 bits per heavy atom. The van der Waals surface area contributed by atoms with Crippen LogP contribution >= 0.6 is 0 Å².